The van der Waals surface area contributed by atoms with Crippen molar-refractivity contribution in [2.24, 2.45) is 0 Å². The average Bonchev–Trinajstić information content (AvgIpc) is 3.43. The molecule has 0 saturated carbocycles. The smallest absolute Gasteiger partial charge is 0.265 e. The molecule has 2 amide bonds. The van der Waals surface area contributed by atoms with Crippen LogP contribution < -0.4 is 10.6 Å². The van der Waals surface area contributed by atoms with Gasteiger partial charge in [0.05, 0.1) is 4.88 Å². The zero-order valence-corrected chi connectivity index (χ0v) is 16.2. The first-order valence-electron chi connectivity index (χ1n) is 8.45. The average molecular weight is 406 g/mol. The first kappa shape index (κ1) is 18.1. The zero-order chi connectivity index (χ0) is 19.3. The summed E-state index contributed by atoms with van der Waals surface area (Å²) in [7, 11) is 0. The number of thiazole rings is 1. The van der Waals surface area contributed by atoms with E-state index in [4.69, 9.17) is 0 Å². The number of carbonyl (C=O) groups excluding carboxylic acids is 2. The van der Waals surface area contributed by atoms with Gasteiger partial charge in [-0.05, 0) is 60.0 Å². The molecule has 0 aliphatic rings. The molecule has 0 aliphatic carbocycles. The molecule has 2 aromatic heterocycles. The van der Waals surface area contributed by atoms with Gasteiger partial charge in [0.1, 0.15) is 5.01 Å². The van der Waals surface area contributed by atoms with E-state index in [0.717, 1.165) is 10.6 Å². The molecule has 2 aromatic carbocycles. The van der Waals surface area contributed by atoms with Crippen LogP contribution in [0.5, 0.6) is 0 Å². The molecule has 0 spiro atoms. The van der Waals surface area contributed by atoms with Gasteiger partial charge in [-0.25, -0.2) is 4.98 Å². The summed E-state index contributed by atoms with van der Waals surface area (Å²) < 4.78 is 0. The summed E-state index contributed by atoms with van der Waals surface area (Å²) in [6, 6.07) is 18.0. The first-order valence-corrected chi connectivity index (χ1v) is 10.2. The molecule has 138 valence electrons. The molecular formula is C21H15N3O2S2. The van der Waals surface area contributed by atoms with Crippen LogP contribution in [0.4, 0.5) is 11.4 Å². The number of nitrogens with zero attached hydrogens (tertiary/aromatic N) is 1. The van der Waals surface area contributed by atoms with Gasteiger partial charge in [-0.15, -0.1) is 22.7 Å². The molecule has 0 atom stereocenters. The number of amides is 2. The molecule has 0 bridgehead atoms. The number of hydrogen-bond donors (Lipinski definition) is 2. The van der Waals surface area contributed by atoms with E-state index in [1.54, 1.807) is 47.9 Å². The Hall–Kier alpha value is -3.29. The summed E-state index contributed by atoms with van der Waals surface area (Å²) in [6.45, 7) is 0. The van der Waals surface area contributed by atoms with Crippen LogP contribution in [0.15, 0.2) is 77.6 Å². The lowest BCUT2D eigenvalue weighted by Gasteiger charge is -2.08. The second kappa shape index (κ2) is 8.16. The van der Waals surface area contributed by atoms with Crippen molar-refractivity contribution in [1.29, 1.82) is 0 Å². The lowest BCUT2D eigenvalue weighted by molar-refractivity contribution is 0.102. The third-order valence-corrected chi connectivity index (χ3v) is 5.66. The maximum absolute atomic E-state index is 12.4. The predicted molar refractivity (Wildman–Crippen MR) is 114 cm³/mol. The van der Waals surface area contributed by atoms with Crippen LogP contribution in [-0.4, -0.2) is 16.8 Å². The molecule has 0 fully saturated rings. The molecule has 5 nitrogen and oxygen atoms in total. The van der Waals surface area contributed by atoms with E-state index in [-0.39, 0.29) is 11.8 Å². The van der Waals surface area contributed by atoms with E-state index in [2.05, 4.69) is 15.6 Å². The largest absolute Gasteiger partial charge is 0.322 e. The second-order valence-corrected chi connectivity index (χ2v) is 7.72. The maximum Gasteiger partial charge on any atom is 0.265 e. The van der Waals surface area contributed by atoms with Crippen LogP contribution >= 0.6 is 22.7 Å². The highest BCUT2D eigenvalue weighted by Crippen LogP contribution is 2.23. The lowest BCUT2D eigenvalue weighted by Crippen LogP contribution is -2.13. The van der Waals surface area contributed by atoms with Crippen LogP contribution in [0.3, 0.4) is 0 Å². The van der Waals surface area contributed by atoms with Gasteiger partial charge in [0.2, 0.25) is 0 Å². The minimum atomic E-state index is -0.210. The SMILES string of the molecule is O=C(Nc1ccc(-c2nccs2)cc1)c1ccc(NC(=O)c2cccs2)cc1. The highest BCUT2D eigenvalue weighted by atomic mass is 32.1. The number of thiophene rings is 1. The topological polar surface area (TPSA) is 71.1 Å². The van der Waals surface area contributed by atoms with E-state index in [1.807, 2.05) is 41.1 Å². The Kier molecular flexibility index (Phi) is 5.27. The summed E-state index contributed by atoms with van der Waals surface area (Å²) in [6.07, 6.45) is 1.77. The molecule has 2 heterocycles. The minimum Gasteiger partial charge on any atom is -0.322 e. The predicted octanol–water partition coefficient (Wildman–Crippen LogP) is 5.38. The lowest BCUT2D eigenvalue weighted by atomic mass is 10.1. The van der Waals surface area contributed by atoms with Crippen LogP contribution in [0.25, 0.3) is 10.6 Å². The van der Waals surface area contributed by atoms with Gasteiger partial charge in [-0.1, -0.05) is 6.07 Å². The Labute approximate surface area is 169 Å². The van der Waals surface area contributed by atoms with Crippen LogP contribution in [0, 0.1) is 0 Å². The Morgan fingerprint density at radius 2 is 1.43 bits per heavy atom. The normalized spacial score (nSPS) is 10.4. The van der Waals surface area contributed by atoms with E-state index >= 15 is 0 Å². The maximum atomic E-state index is 12.4. The highest BCUT2D eigenvalue weighted by molar-refractivity contribution is 7.13. The van der Waals surface area contributed by atoms with Gasteiger partial charge in [0.15, 0.2) is 0 Å². The van der Waals surface area contributed by atoms with Gasteiger partial charge >= 0.3 is 0 Å². The van der Waals surface area contributed by atoms with Crippen LogP contribution in [0.2, 0.25) is 0 Å². The molecule has 0 saturated heterocycles. The van der Waals surface area contributed by atoms with Crippen molar-refractivity contribution >= 4 is 45.9 Å². The first-order chi connectivity index (χ1) is 13.7. The number of benzene rings is 2. The van der Waals surface area contributed by atoms with E-state index in [9.17, 15) is 9.59 Å². The van der Waals surface area contributed by atoms with Crippen LogP contribution in [0.1, 0.15) is 20.0 Å². The molecule has 4 aromatic rings. The van der Waals surface area contributed by atoms with Gasteiger partial charge in [-0.3, -0.25) is 9.59 Å². The quantitative estimate of drug-likeness (QED) is 0.468. The van der Waals surface area contributed by atoms with Crippen molar-refractivity contribution in [2.45, 2.75) is 0 Å². The Morgan fingerprint density at radius 3 is 2.04 bits per heavy atom. The molecule has 4 rings (SSSR count). The summed E-state index contributed by atoms with van der Waals surface area (Å²) in [4.78, 5) is 29.4. The van der Waals surface area contributed by atoms with Gasteiger partial charge in [0.25, 0.3) is 11.8 Å². The molecule has 0 aliphatic heterocycles. The molecule has 0 radical (unpaired) electrons. The van der Waals surface area contributed by atoms with Crippen molar-refractivity contribution < 1.29 is 9.59 Å². The van der Waals surface area contributed by atoms with Crippen molar-refractivity contribution in [2.75, 3.05) is 10.6 Å². The molecular weight excluding hydrogens is 390 g/mol. The number of aromatic nitrogens is 1. The number of carbonyl (C=O) groups is 2. The Bertz CT molecular complexity index is 1070. The van der Waals surface area contributed by atoms with Crippen molar-refractivity contribution in [1.82, 2.24) is 4.98 Å². The minimum absolute atomic E-state index is 0.160. The van der Waals surface area contributed by atoms with Crippen LogP contribution in [-0.2, 0) is 0 Å². The fourth-order valence-electron chi connectivity index (χ4n) is 2.57. The van der Waals surface area contributed by atoms with E-state index in [1.165, 1.54) is 11.3 Å². The molecule has 7 heteroatoms. The second-order valence-electron chi connectivity index (χ2n) is 5.88. The van der Waals surface area contributed by atoms with Gasteiger partial charge in [-0.2, -0.15) is 0 Å². The summed E-state index contributed by atoms with van der Waals surface area (Å²) in [5, 5.41) is 10.4. The molecule has 28 heavy (non-hydrogen) atoms. The standard InChI is InChI=1S/C21H15N3O2S2/c25-19(23-16-9-5-15(6-10-16)21-22-11-13-28-21)14-3-7-17(8-4-14)24-20(26)18-2-1-12-27-18/h1-13H,(H,23,25)(H,24,26). The highest BCUT2D eigenvalue weighted by Gasteiger charge is 2.09. The number of hydrogen-bond acceptors (Lipinski definition) is 5. The number of anilines is 2. The van der Waals surface area contributed by atoms with Crippen molar-refractivity contribution in [3.05, 3.63) is 88.1 Å². The summed E-state index contributed by atoms with van der Waals surface area (Å²) in [5.41, 5.74) is 2.88. The van der Waals surface area contributed by atoms with Gasteiger partial charge < -0.3 is 10.6 Å². The summed E-state index contributed by atoms with van der Waals surface area (Å²) in [5.74, 6) is -0.370. The van der Waals surface area contributed by atoms with Crippen molar-refractivity contribution in [3.63, 3.8) is 0 Å². The third-order valence-electron chi connectivity index (χ3n) is 3.97. The fraction of sp³-hybridized carbons (Fsp3) is 0. The van der Waals surface area contributed by atoms with E-state index < -0.39 is 0 Å². The zero-order valence-electron chi connectivity index (χ0n) is 14.6. The monoisotopic (exact) mass is 405 g/mol. The van der Waals surface area contributed by atoms with E-state index in [0.29, 0.717) is 21.8 Å². The molecule has 0 unspecified atom stereocenters. The Balaban J connectivity index is 1.39. The Morgan fingerprint density at radius 1 is 0.750 bits per heavy atom. The third kappa shape index (κ3) is 4.16. The van der Waals surface area contributed by atoms with Gasteiger partial charge in [0, 0.05) is 34.1 Å². The van der Waals surface area contributed by atoms with Crippen molar-refractivity contribution in [3.8, 4) is 10.6 Å². The molecule has 2 N–H and O–H groups in total. The fourth-order valence-corrected chi connectivity index (χ4v) is 3.83. The summed E-state index contributed by atoms with van der Waals surface area (Å²) >= 11 is 2.95. The number of nitrogens with one attached hydrogen (secondary N) is 2. The number of rotatable bonds is 5.